The molecule has 0 atom stereocenters. The molecule has 0 spiro atoms. The summed E-state index contributed by atoms with van der Waals surface area (Å²) >= 11 is 0. The van der Waals surface area contributed by atoms with Crippen LogP contribution in [-0.2, 0) is 27.8 Å². The predicted molar refractivity (Wildman–Crippen MR) is 89.0 cm³/mol. The summed E-state index contributed by atoms with van der Waals surface area (Å²) in [7, 11) is -3.68. The van der Waals surface area contributed by atoms with Gasteiger partial charge in [-0.15, -0.1) is 0 Å². The first-order chi connectivity index (χ1) is 11.3. The maximum atomic E-state index is 13.0. The molecule has 0 saturated heterocycles. The number of carbonyl (C=O) groups is 1. The topological polar surface area (TPSA) is 109 Å². The van der Waals surface area contributed by atoms with Crippen LogP contribution < -0.4 is 9.86 Å². The Morgan fingerprint density at radius 1 is 1.08 bits per heavy atom. The average molecular weight is 354 g/mol. The summed E-state index contributed by atoms with van der Waals surface area (Å²) in [4.78, 5) is 10.2. The van der Waals surface area contributed by atoms with Crippen molar-refractivity contribution < 1.29 is 22.7 Å². The Kier molecular flexibility index (Phi) is 8.03. The van der Waals surface area contributed by atoms with Crippen LogP contribution in [0.5, 0.6) is 0 Å². The minimum Gasteiger partial charge on any atom is -0.481 e. The monoisotopic (exact) mass is 354 g/mol. The maximum absolute atomic E-state index is 13.0. The van der Waals surface area contributed by atoms with Gasteiger partial charge in [0.1, 0.15) is 5.82 Å². The lowest BCUT2D eigenvalue weighted by Crippen LogP contribution is -2.32. The van der Waals surface area contributed by atoms with Gasteiger partial charge in [0.2, 0.25) is 0 Å². The fourth-order valence-electron chi connectivity index (χ4n) is 1.80. The SMILES string of the molecule is NS(=O)(=O)NCCc1ccccc1F.O=C(O)Cc1ccccc1. The van der Waals surface area contributed by atoms with Crippen molar-refractivity contribution in [3.63, 3.8) is 0 Å². The third-order valence-corrected chi connectivity index (χ3v) is 3.46. The molecular weight excluding hydrogens is 335 g/mol. The smallest absolute Gasteiger partial charge is 0.307 e. The number of benzene rings is 2. The predicted octanol–water partition coefficient (Wildman–Crippen LogP) is 1.48. The van der Waals surface area contributed by atoms with Gasteiger partial charge >= 0.3 is 5.97 Å². The second-order valence-corrected chi connectivity index (χ2v) is 6.22. The first kappa shape index (κ1) is 19.8. The van der Waals surface area contributed by atoms with E-state index in [2.05, 4.69) is 4.72 Å². The van der Waals surface area contributed by atoms with Crippen LogP contribution in [0.2, 0.25) is 0 Å². The summed E-state index contributed by atoms with van der Waals surface area (Å²) in [5.41, 5.74) is 1.30. The second kappa shape index (κ2) is 9.76. The first-order valence-corrected chi connectivity index (χ1v) is 8.59. The molecule has 130 valence electrons. The van der Waals surface area contributed by atoms with Crippen molar-refractivity contribution in [3.8, 4) is 0 Å². The number of hydrogen-bond acceptors (Lipinski definition) is 3. The lowest BCUT2D eigenvalue weighted by atomic mass is 10.1. The Hall–Kier alpha value is -2.29. The summed E-state index contributed by atoms with van der Waals surface area (Å²) in [6, 6.07) is 15.3. The van der Waals surface area contributed by atoms with Crippen LogP contribution in [0.15, 0.2) is 54.6 Å². The molecule has 4 N–H and O–H groups in total. The van der Waals surface area contributed by atoms with Crippen molar-refractivity contribution >= 4 is 16.2 Å². The van der Waals surface area contributed by atoms with Gasteiger partial charge in [-0.25, -0.2) is 14.3 Å². The molecule has 8 heteroatoms. The largest absolute Gasteiger partial charge is 0.481 e. The fourth-order valence-corrected chi connectivity index (χ4v) is 2.19. The first-order valence-electron chi connectivity index (χ1n) is 7.04. The number of rotatable bonds is 6. The number of carboxylic acids is 1. The molecule has 24 heavy (non-hydrogen) atoms. The minimum atomic E-state index is -3.68. The van der Waals surface area contributed by atoms with Crippen molar-refractivity contribution in [1.82, 2.24) is 4.72 Å². The van der Waals surface area contributed by atoms with Gasteiger partial charge in [0.15, 0.2) is 0 Å². The Balaban J connectivity index is 0.000000254. The van der Waals surface area contributed by atoms with E-state index in [0.717, 1.165) is 5.56 Å². The Morgan fingerprint density at radius 3 is 2.21 bits per heavy atom. The quantitative estimate of drug-likeness (QED) is 0.730. The Bertz CT molecular complexity index is 752. The molecule has 0 fully saturated rings. The molecule has 2 rings (SSSR count). The molecule has 0 saturated carbocycles. The third kappa shape index (κ3) is 8.99. The molecule has 0 aliphatic carbocycles. The van der Waals surface area contributed by atoms with Crippen LogP contribution in [-0.4, -0.2) is 26.0 Å². The second-order valence-electron chi connectivity index (χ2n) is 4.84. The van der Waals surface area contributed by atoms with Gasteiger partial charge in [-0.1, -0.05) is 48.5 Å². The molecule has 0 aromatic heterocycles. The van der Waals surface area contributed by atoms with E-state index in [1.165, 1.54) is 6.07 Å². The number of halogens is 1. The molecule has 6 nitrogen and oxygen atoms in total. The summed E-state index contributed by atoms with van der Waals surface area (Å²) in [5.74, 6) is -1.13. The normalized spacial score (nSPS) is 10.6. The van der Waals surface area contributed by atoms with Crippen molar-refractivity contribution in [2.24, 2.45) is 5.14 Å². The zero-order chi connectivity index (χ0) is 18.0. The van der Waals surface area contributed by atoms with Gasteiger partial charge in [0.25, 0.3) is 10.2 Å². The Labute approximate surface area is 140 Å². The van der Waals surface area contributed by atoms with Gasteiger partial charge in [0, 0.05) is 6.54 Å². The number of nitrogens with one attached hydrogen (secondary N) is 1. The van der Waals surface area contributed by atoms with Crippen molar-refractivity contribution in [1.29, 1.82) is 0 Å². The van der Waals surface area contributed by atoms with E-state index in [4.69, 9.17) is 10.2 Å². The zero-order valence-corrected chi connectivity index (χ0v) is 13.7. The summed E-state index contributed by atoms with van der Waals surface area (Å²) in [6.45, 7) is 0.0970. The van der Waals surface area contributed by atoms with Gasteiger partial charge in [-0.3, -0.25) is 4.79 Å². The van der Waals surface area contributed by atoms with E-state index in [1.54, 1.807) is 30.3 Å². The van der Waals surface area contributed by atoms with Gasteiger partial charge in [-0.2, -0.15) is 8.42 Å². The number of hydrogen-bond donors (Lipinski definition) is 3. The highest BCUT2D eigenvalue weighted by molar-refractivity contribution is 7.87. The van der Waals surface area contributed by atoms with E-state index in [1.807, 2.05) is 18.2 Å². The van der Waals surface area contributed by atoms with E-state index in [0.29, 0.717) is 5.56 Å². The van der Waals surface area contributed by atoms with Crippen molar-refractivity contribution in [3.05, 3.63) is 71.5 Å². The maximum Gasteiger partial charge on any atom is 0.307 e. The molecule has 2 aromatic carbocycles. The van der Waals surface area contributed by atoms with E-state index < -0.39 is 16.2 Å². The van der Waals surface area contributed by atoms with Crippen LogP contribution in [0.3, 0.4) is 0 Å². The molecule has 0 radical (unpaired) electrons. The highest BCUT2D eigenvalue weighted by atomic mass is 32.2. The van der Waals surface area contributed by atoms with E-state index >= 15 is 0 Å². The molecule has 0 amide bonds. The van der Waals surface area contributed by atoms with Crippen LogP contribution in [0.4, 0.5) is 4.39 Å². The number of aliphatic carboxylic acids is 1. The lowest BCUT2D eigenvalue weighted by Gasteiger charge is -2.03. The summed E-state index contributed by atoms with van der Waals surface area (Å²) in [5, 5.41) is 13.1. The molecule has 0 aliphatic heterocycles. The lowest BCUT2D eigenvalue weighted by molar-refractivity contribution is -0.136. The summed E-state index contributed by atoms with van der Waals surface area (Å²) in [6.07, 6.45) is 0.393. The molecular formula is C16H19FN2O4S. The van der Waals surface area contributed by atoms with Gasteiger partial charge in [-0.05, 0) is 23.6 Å². The number of carboxylic acid groups (broad SMARTS) is 1. The number of nitrogens with two attached hydrogens (primary N) is 1. The zero-order valence-electron chi connectivity index (χ0n) is 12.9. The van der Waals surface area contributed by atoms with Crippen LogP contribution >= 0.6 is 0 Å². The van der Waals surface area contributed by atoms with Gasteiger partial charge in [0.05, 0.1) is 6.42 Å². The van der Waals surface area contributed by atoms with E-state index in [9.17, 15) is 17.6 Å². The third-order valence-electron chi connectivity index (χ3n) is 2.85. The van der Waals surface area contributed by atoms with Crippen molar-refractivity contribution in [2.45, 2.75) is 12.8 Å². The highest BCUT2D eigenvalue weighted by Gasteiger charge is 2.03. The van der Waals surface area contributed by atoms with Crippen LogP contribution in [0.25, 0.3) is 0 Å². The highest BCUT2D eigenvalue weighted by Crippen LogP contribution is 2.06. The minimum absolute atomic E-state index is 0.0970. The summed E-state index contributed by atoms with van der Waals surface area (Å²) < 4.78 is 36.0. The van der Waals surface area contributed by atoms with E-state index in [-0.39, 0.29) is 25.2 Å². The Morgan fingerprint density at radius 2 is 1.67 bits per heavy atom. The van der Waals surface area contributed by atoms with Crippen molar-refractivity contribution in [2.75, 3.05) is 6.54 Å². The standard InChI is InChI=1S/C8H11FN2O2S.C8H8O2/c9-8-4-2-1-3-7(8)5-6-11-14(10,12)13;9-8(10)6-7-4-2-1-3-5-7/h1-4,11H,5-6H2,(H2,10,12,13);1-5H,6H2,(H,9,10). The average Bonchev–Trinajstić information content (AvgIpc) is 2.49. The molecule has 2 aromatic rings. The van der Waals surface area contributed by atoms with Gasteiger partial charge < -0.3 is 5.11 Å². The molecule has 0 bridgehead atoms. The molecule has 0 unspecified atom stereocenters. The van der Waals surface area contributed by atoms with Crippen LogP contribution in [0, 0.1) is 5.82 Å². The molecule has 0 aliphatic rings. The van der Waals surface area contributed by atoms with Crippen LogP contribution in [0.1, 0.15) is 11.1 Å². The molecule has 0 heterocycles. The fraction of sp³-hybridized carbons (Fsp3) is 0.188.